The second kappa shape index (κ2) is 10.6. The minimum Gasteiger partial charge on any atom is -0.457 e. The lowest BCUT2D eigenvalue weighted by molar-refractivity contribution is -0.145. The van der Waals surface area contributed by atoms with Gasteiger partial charge in [-0.25, -0.2) is 0 Å². The van der Waals surface area contributed by atoms with Crippen molar-refractivity contribution in [2.24, 2.45) is 5.92 Å². The van der Waals surface area contributed by atoms with Crippen molar-refractivity contribution in [1.82, 2.24) is 0 Å². The van der Waals surface area contributed by atoms with Gasteiger partial charge < -0.3 is 10.1 Å². The molecule has 0 saturated carbocycles. The predicted molar refractivity (Wildman–Crippen MR) is 111 cm³/mol. The largest absolute Gasteiger partial charge is 0.457 e. The summed E-state index contributed by atoms with van der Waals surface area (Å²) in [6.45, 7) is 0.866. The fraction of sp³-hybridized carbons (Fsp3) is 0.238. The first-order valence-corrected chi connectivity index (χ1v) is 9.90. The molecule has 0 amide bonds. The zero-order valence-corrected chi connectivity index (χ0v) is 16.8. The smallest absolute Gasteiger partial charge is 0.316 e. The maximum Gasteiger partial charge on any atom is 0.316 e. The van der Waals surface area contributed by atoms with Crippen molar-refractivity contribution in [3.63, 3.8) is 0 Å². The van der Waals surface area contributed by atoms with Crippen molar-refractivity contribution in [2.45, 2.75) is 12.2 Å². The molecule has 1 unspecified atom stereocenters. The Morgan fingerprint density at radius 2 is 1.75 bits per heavy atom. The number of hydrogen-bond donors (Lipinski definition) is 1. The van der Waals surface area contributed by atoms with Crippen molar-refractivity contribution < 1.29 is 14.3 Å². The van der Waals surface area contributed by atoms with Crippen LogP contribution in [0.5, 0.6) is 0 Å². The monoisotopic (exact) mass is 414 g/mol. The number of nitriles is 1. The predicted octanol–water partition coefficient (Wildman–Crippen LogP) is 4.45. The third kappa shape index (κ3) is 6.22. The number of thioether (sulfide) groups is 1. The van der Waals surface area contributed by atoms with E-state index in [-0.39, 0.29) is 16.7 Å². The summed E-state index contributed by atoms with van der Waals surface area (Å²) in [6, 6.07) is 18.9. The van der Waals surface area contributed by atoms with Crippen LogP contribution in [0.25, 0.3) is 0 Å². The lowest BCUT2D eigenvalue weighted by Gasteiger charge is -2.17. The van der Waals surface area contributed by atoms with Crippen molar-refractivity contribution in [3.8, 4) is 6.07 Å². The molecular weight excluding hydrogens is 396 g/mol. The number of esters is 1. The van der Waals surface area contributed by atoms with Gasteiger partial charge in [0.05, 0.1) is 17.1 Å². The van der Waals surface area contributed by atoms with Gasteiger partial charge in [-0.2, -0.15) is 5.26 Å². The molecule has 2 atom stereocenters. The number of ether oxygens (including phenoxy) is 1. The molecule has 2 aromatic rings. The lowest BCUT2D eigenvalue weighted by Crippen LogP contribution is -2.26. The number of benzene rings is 2. The summed E-state index contributed by atoms with van der Waals surface area (Å²) in [4.78, 5) is 24.0. The zero-order chi connectivity index (χ0) is 20.5. The first-order valence-electron chi connectivity index (χ1n) is 8.47. The van der Waals surface area contributed by atoms with E-state index in [1.165, 1.54) is 18.7 Å². The van der Waals surface area contributed by atoms with E-state index >= 15 is 0 Å². The van der Waals surface area contributed by atoms with Crippen LogP contribution in [0.15, 0.2) is 54.6 Å². The minimum absolute atomic E-state index is 0.0380. The normalized spacial score (nSPS) is 12.5. The SMILES string of the molecule is CC(=N)C(C#N)C(=O)COC(=O)CS[C@H](c1ccccc1)c1ccc(Cl)cc1. The number of Topliss-reactive ketones (excluding diaryl/α,β-unsaturated/α-hetero) is 1. The Bertz CT molecular complexity index is 879. The van der Waals surface area contributed by atoms with Gasteiger partial charge in [0.15, 0.2) is 12.4 Å². The Morgan fingerprint density at radius 3 is 2.32 bits per heavy atom. The molecule has 0 aliphatic carbocycles. The van der Waals surface area contributed by atoms with E-state index in [2.05, 4.69) is 0 Å². The van der Waals surface area contributed by atoms with Crippen LogP contribution < -0.4 is 0 Å². The molecule has 2 aromatic carbocycles. The quantitative estimate of drug-likeness (QED) is 0.483. The van der Waals surface area contributed by atoms with E-state index in [1.807, 2.05) is 42.5 Å². The molecule has 0 bridgehead atoms. The Balaban J connectivity index is 2.00. The van der Waals surface area contributed by atoms with Gasteiger partial charge in [-0.1, -0.05) is 54.1 Å². The second-order valence-electron chi connectivity index (χ2n) is 6.03. The van der Waals surface area contributed by atoms with Crippen LogP contribution in [0.3, 0.4) is 0 Å². The van der Waals surface area contributed by atoms with Crippen LogP contribution in [0, 0.1) is 22.7 Å². The fourth-order valence-corrected chi connectivity index (χ4v) is 3.70. The average Bonchev–Trinajstić information content (AvgIpc) is 2.69. The fourth-order valence-electron chi connectivity index (χ4n) is 2.49. The molecule has 0 heterocycles. The number of nitrogens with one attached hydrogen (secondary N) is 1. The molecule has 1 N–H and O–H groups in total. The number of carbonyl (C=O) groups excluding carboxylic acids is 2. The number of nitrogens with zero attached hydrogens (tertiary/aromatic N) is 1. The van der Waals surface area contributed by atoms with Crippen LogP contribution in [-0.4, -0.2) is 29.8 Å². The second-order valence-corrected chi connectivity index (χ2v) is 7.56. The van der Waals surface area contributed by atoms with Crippen LogP contribution >= 0.6 is 23.4 Å². The summed E-state index contributed by atoms with van der Waals surface area (Å²) in [6.07, 6.45) is 0. The number of hydrogen-bond acceptors (Lipinski definition) is 6. The van der Waals surface area contributed by atoms with Crippen LogP contribution in [0.4, 0.5) is 0 Å². The maximum atomic E-state index is 12.1. The Kier molecular flexibility index (Phi) is 8.24. The first kappa shape index (κ1) is 21.7. The molecule has 0 fully saturated rings. The van der Waals surface area contributed by atoms with Crippen molar-refractivity contribution >= 4 is 40.8 Å². The van der Waals surface area contributed by atoms with Crippen molar-refractivity contribution in [1.29, 1.82) is 10.7 Å². The van der Waals surface area contributed by atoms with Crippen molar-refractivity contribution in [2.75, 3.05) is 12.4 Å². The number of carbonyl (C=O) groups is 2. The number of halogens is 1. The highest BCUT2D eigenvalue weighted by Gasteiger charge is 2.22. The number of rotatable bonds is 9. The molecule has 5 nitrogen and oxygen atoms in total. The molecule has 0 aliphatic rings. The topological polar surface area (TPSA) is 91.0 Å². The summed E-state index contributed by atoms with van der Waals surface area (Å²) >= 11 is 7.35. The average molecular weight is 415 g/mol. The maximum absolute atomic E-state index is 12.1. The van der Waals surface area contributed by atoms with Gasteiger partial charge in [-0.05, 0) is 30.2 Å². The van der Waals surface area contributed by atoms with Gasteiger partial charge in [0.1, 0.15) is 5.92 Å². The third-order valence-electron chi connectivity index (χ3n) is 3.90. The summed E-state index contributed by atoms with van der Waals surface area (Å²) in [7, 11) is 0. The molecule has 144 valence electrons. The Labute approximate surface area is 173 Å². The third-order valence-corrected chi connectivity index (χ3v) is 5.43. The molecule has 7 heteroatoms. The molecule has 28 heavy (non-hydrogen) atoms. The molecule has 0 spiro atoms. The molecular formula is C21H19ClN2O3S. The zero-order valence-electron chi connectivity index (χ0n) is 15.2. The first-order chi connectivity index (χ1) is 13.4. The van der Waals surface area contributed by atoms with E-state index in [9.17, 15) is 9.59 Å². The van der Waals surface area contributed by atoms with Gasteiger partial charge in [0.25, 0.3) is 0 Å². The van der Waals surface area contributed by atoms with E-state index < -0.39 is 24.3 Å². The van der Waals surface area contributed by atoms with Gasteiger partial charge in [-0.15, -0.1) is 11.8 Å². The van der Waals surface area contributed by atoms with Gasteiger partial charge in [0, 0.05) is 10.7 Å². The van der Waals surface area contributed by atoms with Crippen LogP contribution in [0.2, 0.25) is 5.02 Å². The lowest BCUT2D eigenvalue weighted by atomic mass is 10.0. The van der Waals surface area contributed by atoms with Gasteiger partial charge in [0.2, 0.25) is 0 Å². The molecule has 2 rings (SSSR count). The highest BCUT2D eigenvalue weighted by Crippen LogP contribution is 2.36. The van der Waals surface area contributed by atoms with Gasteiger partial charge in [-0.3, -0.25) is 9.59 Å². The highest BCUT2D eigenvalue weighted by molar-refractivity contribution is 8.00. The van der Waals surface area contributed by atoms with E-state index in [0.717, 1.165) is 11.1 Å². The summed E-state index contributed by atoms with van der Waals surface area (Å²) in [5, 5.41) is 16.9. The standard InChI is InChI=1S/C21H19ClN2O3S/c1-14(24)18(11-23)19(25)12-27-20(26)13-28-21(15-5-3-2-4-6-15)16-7-9-17(22)10-8-16/h2-10,18,21,24H,12-13H2,1H3/t18?,21-/m1/s1. The molecule has 0 radical (unpaired) electrons. The van der Waals surface area contributed by atoms with E-state index in [0.29, 0.717) is 5.02 Å². The Morgan fingerprint density at radius 1 is 1.14 bits per heavy atom. The summed E-state index contributed by atoms with van der Waals surface area (Å²) < 4.78 is 5.00. The van der Waals surface area contributed by atoms with Crippen LogP contribution in [0.1, 0.15) is 23.3 Å². The molecule has 0 aromatic heterocycles. The van der Waals surface area contributed by atoms with E-state index in [4.69, 9.17) is 27.0 Å². The summed E-state index contributed by atoms with van der Waals surface area (Å²) in [5.74, 6) is -2.28. The Hall–Kier alpha value is -2.62. The van der Waals surface area contributed by atoms with Gasteiger partial charge >= 0.3 is 5.97 Å². The molecule has 0 aliphatic heterocycles. The van der Waals surface area contributed by atoms with Crippen LogP contribution in [-0.2, 0) is 14.3 Å². The summed E-state index contributed by atoms with van der Waals surface area (Å²) in [5.41, 5.74) is 1.96. The number of ketones is 1. The molecule has 0 saturated heterocycles. The highest BCUT2D eigenvalue weighted by atomic mass is 35.5. The van der Waals surface area contributed by atoms with E-state index in [1.54, 1.807) is 18.2 Å². The van der Waals surface area contributed by atoms with Crippen molar-refractivity contribution in [3.05, 3.63) is 70.7 Å². The minimum atomic E-state index is -1.17.